The summed E-state index contributed by atoms with van der Waals surface area (Å²) >= 11 is 0. The molecule has 1 amide bonds. The van der Waals surface area contributed by atoms with Crippen LogP contribution in [0.5, 0.6) is 0 Å². The summed E-state index contributed by atoms with van der Waals surface area (Å²) in [5.74, 6) is 0.804. The number of carbonyl (C=O) groups is 1. The first-order valence-electron chi connectivity index (χ1n) is 4.86. The van der Waals surface area contributed by atoms with E-state index >= 15 is 0 Å². The topological polar surface area (TPSA) is 61.9 Å². The van der Waals surface area contributed by atoms with Gasteiger partial charge in [0.2, 0.25) is 5.91 Å². The Morgan fingerprint density at radius 1 is 1.47 bits per heavy atom. The summed E-state index contributed by atoms with van der Waals surface area (Å²) in [6.07, 6.45) is 2.89. The first-order chi connectivity index (χ1) is 7.27. The van der Waals surface area contributed by atoms with Crippen molar-refractivity contribution in [3.8, 4) is 0 Å². The van der Waals surface area contributed by atoms with E-state index in [2.05, 4.69) is 15.2 Å². The predicted molar refractivity (Wildman–Crippen MR) is 55.6 cm³/mol. The number of aromatic amines is 1. The minimum absolute atomic E-state index is 0.0969. The standard InChI is InChI=1S/C10H10N4O/c1-14-8(15)3-2-6-9-7(13-12-6)4-5-11-10(9)14/h4-5H,2-3H2,1H3,(H,12,13). The van der Waals surface area contributed by atoms with Gasteiger partial charge in [-0.1, -0.05) is 0 Å². The number of hydrogen-bond acceptors (Lipinski definition) is 3. The molecule has 0 atom stereocenters. The molecule has 15 heavy (non-hydrogen) atoms. The number of hydrogen-bond donors (Lipinski definition) is 1. The molecule has 0 unspecified atom stereocenters. The molecule has 0 saturated carbocycles. The van der Waals surface area contributed by atoms with Gasteiger partial charge in [0, 0.05) is 25.4 Å². The number of carbonyl (C=O) groups excluding carboxylic acids is 1. The minimum Gasteiger partial charge on any atom is -0.299 e. The van der Waals surface area contributed by atoms with Crippen LogP contribution in [0.2, 0.25) is 0 Å². The van der Waals surface area contributed by atoms with E-state index in [0.29, 0.717) is 18.7 Å². The van der Waals surface area contributed by atoms with Gasteiger partial charge in [-0.2, -0.15) is 5.10 Å². The van der Waals surface area contributed by atoms with Crippen molar-refractivity contribution in [3.05, 3.63) is 18.0 Å². The summed E-state index contributed by atoms with van der Waals surface area (Å²) in [6, 6.07) is 1.85. The molecule has 0 saturated heterocycles. The third kappa shape index (κ3) is 1.06. The van der Waals surface area contributed by atoms with Crippen molar-refractivity contribution in [1.82, 2.24) is 15.2 Å². The molecule has 0 bridgehead atoms. The minimum atomic E-state index is 0.0969. The van der Waals surface area contributed by atoms with E-state index < -0.39 is 0 Å². The molecule has 2 aromatic rings. The lowest BCUT2D eigenvalue weighted by Gasteiger charge is -2.13. The van der Waals surface area contributed by atoms with E-state index in [-0.39, 0.29) is 5.91 Å². The maximum absolute atomic E-state index is 11.7. The van der Waals surface area contributed by atoms with Gasteiger partial charge in [0.15, 0.2) is 0 Å². The fourth-order valence-electron chi connectivity index (χ4n) is 1.96. The predicted octanol–water partition coefficient (Wildman–Crippen LogP) is 0.867. The Balaban J connectivity index is 2.38. The van der Waals surface area contributed by atoms with Crippen LogP contribution in [-0.4, -0.2) is 28.1 Å². The number of rotatable bonds is 0. The zero-order valence-electron chi connectivity index (χ0n) is 8.32. The molecule has 5 nitrogen and oxygen atoms in total. The van der Waals surface area contributed by atoms with Gasteiger partial charge >= 0.3 is 0 Å². The van der Waals surface area contributed by atoms with Gasteiger partial charge in [0.1, 0.15) is 5.82 Å². The highest BCUT2D eigenvalue weighted by Gasteiger charge is 2.22. The highest BCUT2D eigenvalue weighted by molar-refractivity contribution is 6.03. The molecule has 1 N–H and O–H groups in total. The van der Waals surface area contributed by atoms with Crippen molar-refractivity contribution in [2.75, 3.05) is 11.9 Å². The summed E-state index contributed by atoms with van der Waals surface area (Å²) in [6.45, 7) is 0. The zero-order chi connectivity index (χ0) is 10.4. The Bertz CT molecular complexity index is 545. The summed E-state index contributed by atoms with van der Waals surface area (Å²) in [4.78, 5) is 17.5. The number of aryl methyl sites for hydroxylation is 1. The van der Waals surface area contributed by atoms with Crippen LogP contribution in [0.1, 0.15) is 12.1 Å². The van der Waals surface area contributed by atoms with E-state index in [1.54, 1.807) is 18.1 Å². The summed E-state index contributed by atoms with van der Waals surface area (Å²) < 4.78 is 0. The molecule has 0 fully saturated rings. The SMILES string of the molecule is CN1C(=O)CCc2[nH]nc3ccnc1c23. The van der Waals surface area contributed by atoms with Gasteiger partial charge < -0.3 is 0 Å². The smallest absolute Gasteiger partial charge is 0.228 e. The third-order valence-electron chi connectivity index (χ3n) is 2.80. The lowest BCUT2D eigenvalue weighted by molar-refractivity contribution is -0.118. The van der Waals surface area contributed by atoms with E-state index in [4.69, 9.17) is 0 Å². The fraction of sp³-hybridized carbons (Fsp3) is 0.300. The Labute approximate surface area is 86.1 Å². The third-order valence-corrected chi connectivity index (χ3v) is 2.80. The molecule has 3 rings (SSSR count). The van der Waals surface area contributed by atoms with Gasteiger partial charge in [-0.25, -0.2) is 4.98 Å². The molecule has 2 aromatic heterocycles. The Morgan fingerprint density at radius 2 is 2.33 bits per heavy atom. The average Bonchev–Trinajstić information content (AvgIpc) is 2.62. The zero-order valence-corrected chi connectivity index (χ0v) is 8.32. The van der Waals surface area contributed by atoms with Crippen LogP contribution in [-0.2, 0) is 11.2 Å². The second-order valence-electron chi connectivity index (χ2n) is 3.68. The second-order valence-corrected chi connectivity index (χ2v) is 3.68. The quantitative estimate of drug-likeness (QED) is 0.689. The van der Waals surface area contributed by atoms with Crippen LogP contribution in [0.3, 0.4) is 0 Å². The van der Waals surface area contributed by atoms with Crippen molar-refractivity contribution in [2.24, 2.45) is 0 Å². The lowest BCUT2D eigenvalue weighted by Crippen LogP contribution is -2.25. The molecule has 0 radical (unpaired) electrons. The Kier molecular flexibility index (Phi) is 1.56. The summed E-state index contributed by atoms with van der Waals surface area (Å²) in [7, 11) is 1.76. The number of nitrogens with zero attached hydrogens (tertiary/aromatic N) is 3. The molecule has 0 aromatic carbocycles. The summed E-state index contributed by atoms with van der Waals surface area (Å²) in [5, 5.41) is 8.13. The van der Waals surface area contributed by atoms with Gasteiger partial charge in [0.05, 0.1) is 10.9 Å². The van der Waals surface area contributed by atoms with E-state index in [1.165, 1.54) is 0 Å². The second kappa shape index (κ2) is 2.79. The highest BCUT2D eigenvalue weighted by atomic mass is 16.2. The van der Waals surface area contributed by atoms with Crippen LogP contribution in [0.25, 0.3) is 10.9 Å². The van der Waals surface area contributed by atoms with Crippen LogP contribution in [0.15, 0.2) is 12.3 Å². The van der Waals surface area contributed by atoms with Crippen molar-refractivity contribution >= 4 is 22.6 Å². The maximum Gasteiger partial charge on any atom is 0.228 e. The molecule has 3 heterocycles. The highest BCUT2D eigenvalue weighted by Crippen LogP contribution is 2.29. The normalized spacial score (nSPS) is 15.8. The monoisotopic (exact) mass is 202 g/mol. The number of amides is 1. The van der Waals surface area contributed by atoms with E-state index in [0.717, 1.165) is 16.6 Å². The molecule has 1 aliphatic rings. The molecule has 0 spiro atoms. The van der Waals surface area contributed by atoms with Crippen molar-refractivity contribution in [2.45, 2.75) is 12.8 Å². The number of anilines is 1. The van der Waals surface area contributed by atoms with E-state index in [1.807, 2.05) is 6.07 Å². The van der Waals surface area contributed by atoms with E-state index in [9.17, 15) is 4.79 Å². The molecular weight excluding hydrogens is 192 g/mol. The van der Waals surface area contributed by atoms with Gasteiger partial charge in [-0.05, 0) is 12.5 Å². The molecule has 5 heteroatoms. The van der Waals surface area contributed by atoms with Crippen molar-refractivity contribution in [1.29, 1.82) is 0 Å². The van der Waals surface area contributed by atoms with Crippen LogP contribution in [0, 0.1) is 0 Å². The molecule has 76 valence electrons. The number of aromatic nitrogens is 3. The first kappa shape index (κ1) is 8.40. The fourth-order valence-corrected chi connectivity index (χ4v) is 1.96. The summed E-state index contributed by atoms with van der Waals surface area (Å²) in [5.41, 5.74) is 1.88. The number of H-pyrrole nitrogens is 1. The van der Waals surface area contributed by atoms with Gasteiger partial charge in [0.25, 0.3) is 0 Å². The number of pyridine rings is 1. The van der Waals surface area contributed by atoms with Crippen molar-refractivity contribution < 1.29 is 4.79 Å². The largest absolute Gasteiger partial charge is 0.299 e. The van der Waals surface area contributed by atoms with Gasteiger partial charge in [-0.15, -0.1) is 0 Å². The Hall–Kier alpha value is -1.91. The van der Waals surface area contributed by atoms with Crippen LogP contribution < -0.4 is 4.90 Å². The van der Waals surface area contributed by atoms with Gasteiger partial charge in [-0.3, -0.25) is 14.8 Å². The maximum atomic E-state index is 11.7. The van der Waals surface area contributed by atoms with Crippen molar-refractivity contribution in [3.63, 3.8) is 0 Å². The first-order valence-corrected chi connectivity index (χ1v) is 4.86. The molecule has 1 aliphatic heterocycles. The van der Waals surface area contributed by atoms with Crippen LogP contribution in [0.4, 0.5) is 5.82 Å². The Morgan fingerprint density at radius 3 is 3.20 bits per heavy atom. The molecule has 0 aliphatic carbocycles. The number of nitrogens with one attached hydrogen (secondary N) is 1. The molecular formula is C10H10N4O. The lowest BCUT2D eigenvalue weighted by atomic mass is 10.2. The average molecular weight is 202 g/mol. The van der Waals surface area contributed by atoms with Crippen LogP contribution >= 0.6 is 0 Å².